The number of nitrogens with zero attached hydrogens (tertiary/aromatic N) is 5. The number of fused-ring (bicyclic) bond motifs is 1. The van der Waals surface area contributed by atoms with Crippen molar-refractivity contribution < 1.29 is 41.9 Å². The number of benzene rings is 3. The van der Waals surface area contributed by atoms with Gasteiger partial charge in [0.2, 0.25) is 33.7 Å². The second-order valence-corrected chi connectivity index (χ2v) is 18.9. The molecule has 7 rings (SSSR count). The molecule has 2 unspecified atom stereocenters. The van der Waals surface area contributed by atoms with Crippen LogP contribution in [0.25, 0.3) is 0 Å². The van der Waals surface area contributed by atoms with Crippen LogP contribution in [0.3, 0.4) is 0 Å². The van der Waals surface area contributed by atoms with Crippen LogP contribution in [0.2, 0.25) is 0 Å². The Labute approximate surface area is 384 Å². The van der Waals surface area contributed by atoms with Crippen molar-refractivity contribution in [1.82, 2.24) is 35.1 Å². The monoisotopic (exact) mass is 924 g/mol. The van der Waals surface area contributed by atoms with Crippen LogP contribution in [0.4, 0.5) is 28.8 Å². The van der Waals surface area contributed by atoms with E-state index in [1.807, 2.05) is 36.1 Å². The molecule has 4 heterocycles. The lowest BCUT2D eigenvalue weighted by molar-refractivity contribution is -0.144. The van der Waals surface area contributed by atoms with Crippen LogP contribution in [0.1, 0.15) is 67.6 Å². The maximum Gasteiger partial charge on any atom is 0.261 e. The molecule has 0 bridgehead atoms. The van der Waals surface area contributed by atoms with Gasteiger partial charge in [-0.05, 0) is 88.2 Å². The Bertz CT molecular complexity index is 2540. The predicted molar refractivity (Wildman–Crippen MR) is 246 cm³/mol. The van der Waals surface area contributed by atoms with E-state index in [1.165, 1.54) is 0 Å². The molecular weight excluding hydrogens is 869 g/mol. The molecule has 5 amide bonds. The van der Waals surface area contributed by atoms with Crippen molar-refractivity contribution in [3.63, 3.8) is 0 Å². The Balaban J connectivity index is 0.791. The number of anilines is 5. The van der Waals surface area contributed by atoms with Gasteiger partial charge in [-0.15, -0.1) is 0 Å². The number of nitrogens with one attached hydrogen (secondary N) is 5. The van der Waals surface area contributed by atoms with Gasteiger partial charge in [0.15, 0.2) is 0 Å². The first-order valence-electron chi connectivity index (χ1n) is 21.9. The van der Waals surface area contributed by atoms with E-state index in [1.54, 1.807) is 75.5 Å². The molecule has 66 heavy (non-hydrogen) atoms. The van der Waals surface area contributed by atoms with Crippen LogP contribution < -0.4 is 30.9 Å². The fraction of sp³-hybridized carbons (Fsp3) is 0.413. The van der Waals surface area contributed by atoms with Crippen molar-refractivity contribution in [2.45, 2.75) is 69.5 Å². The largest absolute Gasteiger partial charge is 0.379 e. The average molecular weight is 925 g/mol. The summed E-state index contributed by atoms with van der Waals surface area (Å²) in [5.41, 5.74) is 3.36. The molecule has 2 saturated heterocycles. The molecule has 5 N–H and O–H groups in total. The normalized spacial score (nSPS) is 18.0. The zero-order chi connectivity index (χ0) is 47.0. The molecule has 0 saturated carbocycles. The van der Waals surface area contributed by atoms with E-state index >= 15 is 0 Å². The second kappa shape index (κ2) is 20.9. The fourth-order valence-corrected chi connectivity index (χ4v) is 9.31. The lowest BCUT2D eigenvalue weighted by Crippen LogP contribution is -2.60. The number of sulfonamides is 1. The molecule has 1 aromatic heterocycles. The van der Waals surface area contributed by atoms with Gasteiger partial charge in [0.25, 0.3) is 11.8 Å². The third-order valence-corrected chi connectivity index (χ3v) is 12.9. The number of aromatic nitrogens is 2. The summed E-state index contributed by atoms with van der Waals surface area (Å²) in [7, 11) is -3.72. The summed E-state index contributed by atoms with van der Waals surface area (Å²) in [6.07, 6.45) is 2.04. The lowest BCUT2D eigenvalue weighted by Gasteiger charge is -2.38. The van der Waals surface area contributed by atoms with Gasteiger partial charge in [-0.1, -0.05) is 24.3 Å². The van der Waals surface area contributed by atoms with Crippen molar-refractivity contribution in [3.05, 3.63) is 95.7 Å². The quantitative estimate of drug-likeness (QED) is 0.0710. The van der Waals surface area contributed by atoms with Gasteiger partial charge in [0.1, 0.15) is 17.9 Å². The molecular formula is C46H56N10O9S. The molecule has 0 radical (unpaired) electrons. The molecule has 0 aliphatic carbocycles. The number of ether oxygens (including phenoxy) is 2. The molecule has 2 atom stereocenters. The number of hydrogen-bond acceptors (Lipinski definition) is 15. The zero-order valence-corrected chi connectivity index (χ0v) is 38.3. The van der Waals surface area contributed by atoms with Gasteiger partial charge in [-0.25, -0.2) is 18.1 Å². The van der Waals surface area contributed by atoms with Crippen molar-refractivity contribution >= 4 is 68.4 Å². The highest BCUT2D eigenvalue weighted by molar-refractivity contribution is 7.89. The highest BCUT2D eigenvalue weighted by Gasteiger charge is 2.45. The smallest absolute Gasteiger partial charge is 0.261 e. The van der Waals surface area contributed by atoms with E-state index in [4.69, 9.17) is 9.47 Å². The van der Waals surface area contributed by atoms with Crippen molar-refractivity contribution in [1.29, 1.82) is 0 Å². The minimum atomic E-state index is -3.72. The van der Waals surface area contributed by atoms with Gasteiger partial charge < -0.3 is 29.9 Å². The maximum absolute atomic E-state index is 13.5. The summed E-state index contributed by atoms with van der Waals surface area (Å²) in [5, 5.41) is 11.8. The number of hydrogen-bond donors (Lipinski definition) is 5. The first-order valence-corrected chi connectivity index (χ1v) is 23.4. The molecule has 4 aromatic rings. The summed E-state index contributed by atoms with van der Waals surface area (Å²) in [4.78, 5) is 78.3. The summed E-state index contributed by atoms with van der Waals surface area (Å²) >= 11 is 0. The topological polar surface area (TPSA) is 234 Å². The Kier molecular flexibility index (Phi) is 15.1. The Hall–Kier alpha value is -6.32. The third kappa shape index (κ3) is 11.9. The first kappa shape index (κ1) is 47.6. The molecule has 19 nitrogen and oxygen atoms in total. The molecule has 3 aromatic carbocycles. The lowest BCUT2D eigenvalue weighted by atomic mass is 9.91. The summed E-state index contributed by atoms with van der Waals surface area (Å²) in [5.74, 6) is -1.31. The van der Waals surface area contributed by atoms with E-state index < -0.39 is 51.3 Å². The Morgan fingerprint density at radius 2 is 1.59 bits per heavy atom. The van der Waals surface area contributed by atoms with Crippen LogP contribution in [0.15, 0.2) is 83.9 Å². The average Bonchev–Trinajstić information content (AvgIpc) is 3.28. The Morgan fingerprint density at radius 3 is 2.32 bits per heavy atom. The SMILES string of the molecule is Cc1cnc(Nc2ccc(N3CCN(C(=O)CCOCCOCCNC4C(=O)N(C5CCC(=O)NC5=O)C(=O)c5ccccc54)CC3)cc2)nc1Nc1cccc(S(=O)(=O)NC(C)(C)C)c1. The molecule has 350 valence electrons. The molecule has 3 aliphatic heterocycles. The van der Waals surface area contributed by atoms with Gasteiger partial charge in [-0.3, -0.25) is 39.5 Å². The molecule has 2 fully saturated rings. The van der Waals surface area contributed by atoms with Crippen LogP contribution in [-0.2, 0) is 38.7 Å². The highest BCUT2D eigenvalue weighted by Crippen LogP contribution is 2.31. The van der Waals surface area contributed by atoms with Crippen LogP contribution in [0, 0.1) is 6.92 Å². The number of piperidine rings is 1. The Morgan fingerprint density at radius 1 is 0.864 bits per heavy atom. The van der Waals surface area contributed by atoms with E-state index in [-0.39, 0.29) is 63.0 Å². The number of carbonyl (C=O) groups is 5. The molecule has 3 aliphatic rings. The standard InChI is InChI=1S/C46H56N10O9S/c1-30-29-48-45(52-41(30)49-32-8-7-9-34(28-32)66(62,63)53-46(2,3)4)50-31-12-14-33(15-13-31)54-20-22-55(23-21-54)39(58)18-24-64-26-27-65-25-19-47-40-35-10-5-6-11-36(35)43(60)56(44(40)61)37-16-17-38(57)51-42(37)59/h5-15,28-29,37,40,47,53H,16-27H2,1-4H3,(H,51,57,59)(H2,48,49,50,52). The number of piperazine rings is 1. The highest BCUT2D eigenvalue weighted by atomic mass is 32.2. The minimum absolute atomic E-state index is 0.0174. The maximum atomic E-state index is 13.5. The van der Waals surface area contributed by atoms with Crippen molar-refractivity contribution in [3.8, 4) is 0 Å². The van der Waals surface area contributed by atoms with Crippen molar-refractivity contribution in [2.24, 2.45) is 0 Å². The number of aryl methyl sites for hydroxylation is 1. The van der Waals surface area contributed by atoms with Crippen LogP contribution >= 0.6 is 0 Å². The van der Waals surface area contributed by atoms with Crippen molar-refractivity contribution in [2.75, 3.05) is 74.7 Å². The molecule has 0 spiro atoms. The second-order valence-electron chi connectivity index (χ2n) is 17.2. The van der Waals surface area contributed by atoms with Crippen LogP contribution in [-0.4, -0.2) is 128 Å². The molecule has 20 heteroatoms. The number of imide groups is 2. The first-order chi connectivity index (χ1) is 31.6. The minimum Gasteiger partial charge on any atom is -0.379 e. The van der Waals surface area contributed by atoms with Gasteiger partial charge in [0.05, 0.1) is 37.7 Å². The number of carbonyl (C=O) groups excluding carboxylic acids is 5. The fourth-order valence-electron chi connectivity index (χ4n) is 7.85. The summed E-state index contributed by atoms with van der Waals surface area (Å²) in [6.45, 7) is 11.1. The van der Waals surface area contributed by atoms with Gasteiger partial charge in [0, 0.05) is 79.1 Å². The third-order valence-electron chi connectivity index (χ3n) is 11.1. The van der Waals surface area contributed by atoms with E-state index in [2.05, 4.69) is 40.9 Å². The van der Waals surface area contributed by atoms with Crippen LogP contribution in [0.5, 0.6) is 0 Å². The van der Waals surface area contributed by atoms with Gasteiger partial charge >= 0.3 is 0 Å². The van der Waals surface area contributed by atoms with E-state index in [0.29, 0.717) is 54.8 Å². The van der Waals surface area contributed by atoms with Gasteiger partial charge in [-0.2, -0.15) is 4.98 Å². The van der Waals surface area contributed by atoms with E-state index in [0.717, 1.165) is 21.8 Å². The summed E-state index contributed by atoms with van der Waals surface area (Å²) in [6, 6.07) is 19.3. The number of rotatable bonds is 18. The number of amides is 5. The zero-order valence-electron chi connectivity index (χ0n) is 37.5. The predicted octanol–water partition coefficient (Wildman–Crippen LogP) is 3.54. The van der Waals surface area contributed by atoms with E-state index in [9.17, 15) is 32.4 Å². The summed E-state index contributed by atoms with van der Waals surface area (Å²) < 4.78 is 39.8.